The van der Waals surface area contributed by atoms with Crippen LogP contribution in [0.4, 0.5) is 5.69 Å². The molecule has 0 atom stereocenters. The van der Waals surface area contributed by atoms with Crippen LogP contribution in [-0.4, -0.2) is 28.4 Å². The quantitative estimate of drug-likeness (QED) is 0.638. The number of hydrogen-bond donors (Lipinski definition) is 0. The SMILES string of the molecule is Cc1cc(C)n(C(=O)C(C#N)=NN(C)c2ccccc2)n1. The van der Waals surface area contributed by atoms with Crippen LogP contribution in [0.2, 0.25) is 0 Å². The zero-order chi connectivity index (χ0) is 15.4. The first-order valence-corrected chi connectivity index (χ1v) is 6.38. The van der Waals surface area contributed by atoms with Crippen LogP contribution >= 0.6 is 0 Å². The van der Waals surface area contributed by atoms with E-state index in [4.69, 9.17) is 0 Å². The van der Waals surface area contributed by atoms with Gasteiger partial charge in [-0.15, -0.1) is 0 Å². The van der Waals surface area contributed by atoms with Crippen molar-refractivity contribution in [3.63, 3.8) is 0 Å². The lowest BCUT2D eigenvalue weighted by atomic mass is 10.3. The van der Waals surface area contributed by atoms with Gasteiger partial charge in [-0.25, -0.2) is 0 Å². The molecule has 0 saturated heterocycles. The Morgan fingerprint density at radius 2 is 2.00 bits per heavy atom. The highest BCUT2D eigenvalue weighted by Crippen LogP contribution is 2.11. The topological polar surface area (TPSA) is 74.3 Å². The smallest absolute Gasteiger partial charge is 0.267 e. The van der Waals surface area contributed by atoms with Crippen molar-refractivity contribution < 1.29 is 4.79 Å². The van der Waals surface area contributed by atoms with Crippen molar-refractivity contribution in [1.82, 2.24) is 9.78 Å². The summed E-state index contributed by atoms with van der Waals surface area (Å²) in [6.45, 7) is 3.55. The van der Waals surface area contributed by atoms with E-state index in [-0.39, 0.29) is 5.71 Å². The molecule has 106 valence electrons. The summed E-state index contributed by atoms with van der Waals surface area (Å²) >= 11 is 0. The van der Waals surface area contributed by atoms with Gasteiger partial charge in [-0.2, -0.15) is 20.1 Å². The normalized spacial score (nSPS) is 11.0. The van der Waals surface area contributed by atoms with Gasteiger partial charge in [-0.05, 0) is 32.0 Å². The third-order valence-electron chi connectivity index (χ3n) is 2.89. The number of carbonyl (C=O) groups excluding carboxylic acids is 1. The molecule has 0 radical (unpaired) electrons. The number of nitriles is 1. The van der Waals surface area contributed by atoms with Gasteiger partial charge >= 0.3 is 5.91 Å². The number of hydrazone groups is 1. The second kappa shape index (κ2) is 6.01. The Morgan fingerprint density at radius 1 is 1.33 bits per heavy atom. The summed E-state index contributed by atoms with van der Waals surface area (Å²) in [6.07, 6.45) is 0. The van der Waals surface area contributed by atoms with Crippen LogP contribution < -0.4 is 5.01 Å². The van der Waals surface area contributed by atoms with Crippen LogP contribution in [0.3, 0.4) is 0 Å². The standard InChI is InChI=1S/C15H15N5O/c1-11-9-12(2)20(17-11)15(21)14(10-16)18-19(3)13-7-5-4-6-8-13/h4-9H,1-3H3. The van der Waals surface area contributed by atoms with Gasteiger partial charge in [-0.1, -0.05) is 18.2 Å². The molecule has 1 aromatic heterocycles. The molecule has 0 unspecified atom stereocenters. The van der Waals surface area contributed by atoms with Crippen molar-refractivity contribution in [1.29, 1.82) is 5.26 Å². The summed E-state index contributed by atoms with van der Waals surface area (Å²) in [5, 5.41) is 18.8. The summed E-state index contributed by atoms with van der Waals surface area (Å²) in [5.74, 6) is -0.536. The van der Waals surface area contributed by atoms with E-state index in [1.807, 2.05) is 36.4 Å². The van der Waals surface area contributed by atoms with E-state index in [0.29, 0.717) is 5.69 Å². The molecule has 6 nitrogen and oxygen atoms in total. The van der Waals surface area contributed by atoms with Crippen molar-refractivity contribution in [3.05, 3.63) is 47.8 Å². The third kappa shape index (κ3) is 3.15. The maximum atomic E-state index is 12.3. The fraction of sp³-hybridized carbons (Fsp3) is 0.200. The zero-order valence-electron chi connectivity index (χ0n) is 12.1. The summed E-state index contributed by atoms with van der Waals surface area (Å²) in [7, 11) is 1.68. The van der Waals surface area contributed by atoms with Crippen LogP contribution in [0.15, 0.2) is 41.5 Å². The molecule has 6 heteroatoms. The van der Waals surface area contributed by atoms with E-state index < -0.39 is 5.91 Å². The minimum absolute atomic E-state index is 0.215. The van der Waals surface area contributed by atoms with E-state index in [1.54, 1.807) is 27.0 Å². The Kier molecular flexibility index (Phi) is 4.14. The Morgan fingerprint density at radius 3 is 2.52 bits per heavy atom. The van der Waals surface area contributed by atoms with Crippen molar-refractivity contribution in [2.45, 2.75) is 13.8 Å². The molecule has 0 aliphatic rings. The maximum absolute atomic E-state index is 12.3. The number of para-hydroxylation sites is 1. The molecule has 2 rings (SSSR count). The van der Waals surface area contributed by atoms with Gasteiger partial charge in [0.05, 0.1) is 11.4 Å². The average molecular weight is 281 g/mol. The first kappa shape index (κ1) is 14.5. The lowest BCUT2D eigenvalue weighted by Gasteiger charge is -2.13. The number of carbonyl (C=O) groups is 1. The highest BCUT2D eigenvalue weighted by molar-refractivity contribution is 6.45. The number of benzene rings is 1. The molecule has 0 N–H and O–H groups in total. The summed E-state index contributed by atoms with van der Waals surface area (Å²) in [5.41, 5.74) is 1.95. The fourth-order valence-corrected chi connectivity index (χ4v) is 1.90. The van der Waals surface area contributed by atoms with Gasteiger partial charge in [0.2, 0.25) is 5.71 Å². The van der Waals surface area contributed by atoms with E-state index in [0.717, 1.165) is 11.4 Å². The Labute approximate surface area is 122 Å². The van der Waals surface area contributed by atoms with Gasteiger partial charge < -0.3 is 0 Å². The second-order valence-electron chi connectivity index (χ2n) is 4.56. The average Bonchev–Trinajstić information content (AvgIpc) is 2.83. The predicted molar refractivity (Wildman–Crippen MR) is 80.2 cm³/mol. The summed E-state index contributed by atoms with van der Waals surface area (Å²) in [4.78, 5) is 12.3. The minimum Gasteiger partial charge on any atom is -0.267 e. The molecule has 0 bridgehead atoms. The Hall–Kier alpha value is -2.94. The fourth-order valence-electron chi connectivity index (χ4n) is 1.90. The van der Waals surface area contributed by atoms with Crippen LogP contribution in [0, 0.1) is 25.2 Å². The molecule has 21 heavy (non-hydrogen) atoms. The van der Waals surface area contributed by atoms with Crippen molar-refractivity contribution >= 4 is 17.3 Å². The predicted octanol–water partition coefficient (Wildman–Crippen LogP) is 2.16. The molecule has 1 aromatic carbocycles. The molecule has 0 spiro atoms. The molecule has 0 saturated carbocycles. The summed E-state index contributed by atoms with van der Waals surface area (Å²) in [6, 6.07) is 12.9. The van der Waals surface area contributed by atoms with Gasteiger partial charge in [0.15, 0.2) is 0 Å². The van der Waals surface area contributed by atoms with Crippen LogP contribution in [0.25, 0.3) is 0 Å². The number of nitrogens with zero attached hydrogens (tertiary/aromatic N) is 5. The van der Waals surface area contributed by atoms with E-state index in [9.17, 15) is 10.1 Å². The molecular weight excluding hydrogens is 266 g/mol. The summed E-state index contributed by atoms with van der Waals surface area (Å²) < 4.78 is 1.19. The Balaban J connectivity index is 2.32. The molecule has 0 amide bonds. The van der Waals surface area contributed by atoms with Crippen molar-refractivity contribution in [2.24, 2.45) is 5.10 Å². The maximum Gasteiger partial charge on any atom is 0.309 e. The number of rotatable bonds is 3. The van der Waals surface area contributed by atoms with E-state index in [1.165, 1.54) is 9.69 Å². The number of anilines is 1. The Bertz CT molecular complexity index is 724. The first-order chi connectivity index (χ1) is 10.0. The lowest BCUT2D eigenvalue weighted by Crippen LogP contribution is -2.26. The van der Waals surface area contributed by atoms with Crippen molar-refractivity contribution in [3.8, 4) is 6.07 Å². The van der Waals surface area contributed by atoms with E-state index in [2.05, 4.69) is 10.2 Å². The lowest BCUT2D eigenvalue weighted by molar-refractivity contribution is 0.0974. The van der Waals surface area contributed by atoms with Crippen molar-refractivity contribution in [2.75, 3.05) is 12.1 Å². The molecule has 0 aliphatic heterocycles. The number of hydrogen-bond acceptors (Lipinski definition) is 5. The molecule has 2 aromatic rings. The van der Waals surface area contributed by atoms with Crippen LogP contribution in [-0.2, 0) is 0 Å². The molecule has 1 heterocycles. The minimum atomic E-state index is -0.536. The largest absolute Gasteiger partial charge is 0.309 e. The van der Waals surface area contributed by atoms with Gasteiger partial charge in [0.1, 0.15) is 6.07 Å². The highest BCUT2D eigenvalue weighted by Gasteiger charge is 2.18. The van der Waals surface area contributed by atoms with Gasteiger partial charge in [0, 0.05) is 12.7 Å². The zero-order valence-corrected chi connectivity index (χ0v) is 12.1. The van der Waals surface area contributed by atoms with Crippen LogP contribution in [0.1, 0.15) is 16.2 Å². The number of aryl methyl sites for hydroxylation is 2. The molecule has 0 fully saturated rings. The highest BCUT2D eigenvalue weighted by atomic mass is 16.2. The molecule has 0 aliphatic carbocycles. The monoisotopic (exact) mass is 281 g/mol. The van der Waals surface area contributed by atoms with Gasteiger partial charge in [-0.3, -0.25) is 9.80 Å². The van der Waals surface area contributed by atoms with Gasteiger partial charge in [0.25, 0.3) is 0 Å². The third-order valence-corrected chi connectivity index (χ3v) is 2.89. The number of aromatic nitrogens is 2. The molecular formula is C15H15N5O. The first-order valence-electron chi connectivity index (χ1n) is 6.38. The second-order valence-corrected chi connectivity index (χ2v) is 4.56. The van der Waals surface area contributed by atoms with Crippen LogP contribution in [0.5, 0.6) is 0 Å². The van der Waals surface area contributed by atoms with E-state index >= 15 is 0 Å².